The summed E-state index contributed by atoms with van der Waals surface area (Å²) in [6.45, 7) is 6.67. The lowest BCUT2D eigenvalue weighted by Crippen LogP contribution is -2.38. The highest BCUT2D eigenvalue weighted by Crippen LogP contribution is 2.06. The number of benzene rings is 1. The molecule has 0 aliphatic heterocycles. The average molecular weight is 313 g/mol. The molecule has 1 aromatic heterocycles. The zero-order valence-corrected chi connectivity index (χ0v) is 14.6. The van der Waals surface area contributed by atoms with E-state index in [1.165, 1.54) is 16.7 Å². The van der Waals surface area contributed by atoms with Crippen molar-refractivity contribution >= 4 is 5.96 Å². The van der Waals surface area contributed by atoms with Crippen LogP contribution in [0.15, 0.2) is 41.7 Å². The number of aliphatic imine (C=N–C) groups is 1. The van der Waals surface area contributed by atoms with Crippen LogP contribution in [0.3, 0.4) is 0 Å². The van der Waals surface area contributed by atoms with Gasteiger partial charge in [-0.15, -0.1) is 0 Å². The fraction of sp³-hybridized carbons (Fsp3) is 0.444. The van der Waals surface area contributed by atoms with Crippen LogP contribution in [0.2, 0.25) is 0 Å². The molecule has 0 atom stereocenters. The highest BCUT2D eigenvalue weighted by atomic mass is 15.3. The molecule has 1 heterocycles. The van der Waals surface area contributed by atoms with Crippen molar-refractivity contribution in [1.29, 1.82) is 0 Å². The minimum atomic E-state index is 0.756. The summed E-state index contributed by atoms with van der Waals surface area (Å²) < 4.78 is 1.83. The van der Waals surface area contributed by atoms with Crippen molar-refractivity contribution in [2.75, 3.05) is 20.1 Å². The van der Waals surface area contributed by atoms with Gasteiger partial charge < -0.3 is 10.2 Å². The quantitative estimate of drug-likeness (QED) is 0.658. The lowest BCUT2D eigenvalue weighted by atomic mass is 10.1. The Kier molecular flexibility index (Phi) is 6.20. The standard InChI is InChI=1S/C18H27N5/c1-5-19-18(20-11-10-17-12-21-23(4)14-17)22(3)13-16-8-6-15(2)7-9-16/h6-9,12,14H,5,10-11,13H2,1-4H3,(H,19,20). The molecule has 2 rings (SSSR count). The first-order valence-corrected chi connectivity index (χ1v) is 8.11. The van der Waals surface area contributed by atoms with Crippen LogP contribution in [0, 0.1) is 6.92 Å². The van der Waals surface area contributed by atoms with Crippen LogP contribution in [0.1, 0.15) is 23.6 Å². The second-order valence-corrected chi connectivity index (χ2v) is 5.85. The Morgan fingerprint density at radius 3 is 2.61 bits per heavy atom. The third kappa shape index (κ3) is 5.43. The van der Waals surface area contributed by atoms with Crippen LogP contribution in [0.25, 0.3) is 0 Å². The van der Waals surface area contributed by atoms with Crippen LogP contribution >= 0.6 is 0 Å². The van der Waals surface area contributed by atoms with Crippen molar-refractivity contribution in [3.63, 3.8) is 0 Å². The minimum Gasteiger partial charge on any atom is -0.357 e. The van der Waals surface area contributed by atoms with Gasteiger partial charge in [0, 0.05) is 39.9 Å². The molecule has 0 fully saturated rings. The predicted molar refractivity (Wildman–Crippen MR) is 95.5 cm³/mol. The number of rotatable bonds is 6. The molecule has 0 bridgehead atoms. The van der Waals surface area contributed by atoms with Gasteiger partial charge in [-0.1, -0.05) is 29.8 Å². The molecule has 0 aliphatic carbocycles. The maximum Gasteiger partial charge on any atom is 0.193 e. The number of hydrogen-bond acceptors (Lipinski definition) is 2. The number of nitrogens with one attached hydrogen (secondary N) is 1. The summed E-state index contributed by atoms with van der Waals surface area (Å²) in [4.78, 5) is 6.89. The maximum absolute atomic E-state index is 4.73. The molecule has 23 heavy (non-hydrogen) atoms. The van der Waals surface area contributed by atoms with E-state index in [1.54, 1.807) is 0 Å². The van der Waals surface area contributed by atoms with Gasteiger partial charge in [0.2, 0.25) is 0 Å². The summed E-state index contributed by atoms with van der Waals surface area (Å²) in [7, 11) is 4.01. The van der Waals surface area contributed by atoms with Crippen molar-refractivity contribution in [3.8, 4) is 0 Å². The molecule has 0 unspecified atom stereocenters. The first-order chi connectivity index (χ1) is 11.1. The SMILES string of the molecule is CCNC(=NCCc1cnn(C)c1)N(C)Cc1ccc(C)cc1. The van der Waals surface area contributed by atoms with Gasteiger partial charge in [-0.2, -0.15) is 5.10 Å². The highest BCUT2D eigenvalue weighted by Gasteiger charge is 2.06. The zero-order chi connectivity index (χ0) is 16.7. The summed E-state index contributed by atoms with van der Waals surface area (Å²) in [5, 5.41) is 7.55. The van der Waals surface area contributed by atoms with Crippen LogP contribution in [-0.4, -0.2) is 40.8 Å². The Bertz CT molecular complexity index is 627. The fourth-order valence-corrected chi connectivity index (χ4v) is 2.40. The fourth-order valence-electron chi connectivity index (χ4n) is 2.40. The first kappa shape index (κ1) is 17.1. The number of nitrogens with zero attached hydrogens (tertiary/aromatic N) is 4. The van der Waals surface area contributed by atoms with Crippen molar-refractivity contribution in [2.24, 2.45) is 12.0 Å². The van der Waals surface area contributed by atoms with E-state index in [9.17, 15) is 0 Å². The highest BCUT2D eigenvalue weighted by molar-refractivity contribution is 5.79. The third-order valence-electron chi connectivity index (χ3n) is 3.66. The van der Waals surface area contributed by atoms with E-state index in [0.717, 1.165) is 32.0 Å². The largest absolute Gasteiger partial charge is 0.357 e. The van der Waals surface area contributed by atoms with Gasteiger partial charge in [-0.25, -0.2) is 0 Å². The van der Waals surface area contributed by atoms with Gasteiger partial charge in [-0.05, 0) is 31.4 Å². The van der Waals surface area contributed by atoms with Crippen molar-refractivity contribution < 1.29 is 0 Å². The molecule has 0 saturated carbocycles. The van der Waals surface area contributed by atoms with Crippen molar-refractivity contribution in [3.05, 3.63) is 53.3 Å². The van der Waals surface area contributed by atoms with Gasteiger partial charge in [-0.3, -0.25) is 9.67 Å². The van der Waals surface area contributed by atoms with E-state index >= 15 is 0 Å². The van der Waals surface area contributed by atoms with Gasteiger partial charge in [0.25, 0.3) is 0 Å². The molecular weight excluding hydrogens is 286 g/mol. The topological polar surface area (TPSA) is 45.5 Å². The smallest absolute Gasteiger partial charge is 0.193 e. The van der Waals surface area contributed by atoms with E-state index < -0.39 is 0 Å². The second kappa shape index (κ2) is 8.36. The van der Waals surface area contributed by atoms with Crippen LogP contribution in [0.4, 0.5) is 0 Å². The Morgan fingerprint density at radius 1 is 1.26 bits per heavy atom. The van der Waals surface area contributed by atoms with Crippen molar-refractivity contribution in [1.82, 2.24) is 20.0 Å². The Hall–Kier alpha value is -2.30. The normalized spacial score (nSPS) is 11.6. The molecule has 1 aromatic carbocycles. The second-order valence-electron chi connectivity index (χ2n) is 5.85. The third-order valence-corrected chi connectivity index (χ3v) is 3.66. The Labute approximate surface area is 139 Å². The molecule has 1 N–H and O–H groups in total. The molecule has 5 nitrogen and oxygen atoms in total. The van der Waals surface area contributed by atoms with Gasteiger partial charge in [0.1, 0.15) is 0 Å². The molecule has 0 amide bonds. The molecule has 0 saturated heterocycles. The lowest BCUT2D eigenvalue weighted by Gasteiger charge is -2.22. The number of aryl methyl sites for hydroxylation is 2. The number of hydrogen-bond donors (Lipinski definition) is 1. The molecule has 0 radical (unpaired) electrons. The minimum absolute atomic E-state index is 0.756. The Balaban J connectivity index is 1.95. The molecule has 2 aromatic rings. The van der Waals surface area contributed by atoms with Gasteiger partial charge in [0.15, 0.2) is 5.96 Å². The van der Waals surface area contributed by atoms with Crippen LogP contribution in [-0.2, 0) is 20.0 Å². The van der Waals surface area contributed by atoms with E-state index in [0.29, 0.717) is 0 Å². The van der Waals surface area contributed by atoms with Crippen LogP contribution in [0.5, 0.6) is 0 Å². The molecule has 0 spiro atoms. The summed E-state index contributed by atoms with van der Waals surface area (Å²) in [5.41, 5.74) is 3.79. The van der Waals surface area contributed by atoms with E-state index in [2.05, 4.69) is 60.5 Å². The Morgan fingerprint density at radius 2 is 2.00 bits per heavy atom. The summed E-state index contributed by atoms with van der Waals surface area (Å²) in [6, 6.07) is 8.64. The molecule has 5 heteroatoms. The van der Waals surface area contributed by atoms with E-state index in [-0.39, 0.29) is 0 Å². The number of guanidine groups is 1. The summed E-state index contributed by atoms with van der Waals surface area (Å²) in [6.07, 6.45) is 4.85. The first-order valence-electron chi connectivity index (χ1n) is 8.11. The monoisotopic (exact) mass is 313 g/mol. The van der Waals surface area contributed by atoms with Crippen molar-refractivity contribution in [2.45, 2.75) is 26.8 Å². The van der Waals surface area contributed by atoms with Gasteiger partial charge in [0.05, 0.1) is 6.20 Å². The lowest BCUT2D eigenvalue weighted by molar-refractivity contribution is 0.477. The zero-order valence-electron chi connectivity index (χ0n) is 14.6. The molecule has 124 valence electrons. The van der Waals surface area contributed by atoms with Crippen LogP contribution < -0.4 is 5.32 Å². The maximum atomic E-state index is 4.73. The summed E-state index contributed by atoms with van der Waals surface area (Å²) in [5.74, 6) is 0.942. The molecular formula is C18H27N5. The number of aromatic nitrogens is 2. The van der Waals surface area contributed by atoms with E-state index in [4.69, 9.17) is 4.99 Å². The predicted octanol–water partition coefficient (Wildman–Crippen LogP) is 2.37. The van der Waals surface area contributed by atoms with Gasteiger partial charge >= 0.3 is 0 Å². The summed E-state index contributed by atoms with van der Waals surface area (Å²) >= 11 is 0. The molecule has 0 aliphatic rings. The average Bonchev–Trinajstić information content (AvgIpc) is 2.94. The van der Waals surface area contributed by atoms with E-state index in [1.807, 2.05) is 24.1 Å².